The number of ketones is 1. The van der Waals surface area contributed by atoms with E-state index in [4.69, 9.17) is 17.3 Å². The summed E-state index contributed by atoms with van der Waals surface area (Å²) in [4.78, 5) is 36.4. The van der Waals surface area contributed by atoms with Crippen molar-refractivity contribution in [2.45, 2.75) is 49.7 Å². The first-order valence-electron chi connectivity index (χ1n) is 6.32. The van der Waals surface area contributed by atoms with E-state index in [1.807, 2.05) is 0 Å². The van der Waals surface area contributed by atoms with E-state index in [0.29, 0.717) is 19.3 Å². The van der Waals surface area contributed by atoms with Crippen LogP contribution in [0.1, 0.15) is 26.2 Å². The number of carbonyl (C=O) groups is 3. The number of hydrogen-bond donors (Lipinski definition) is 2. The summed E-state index contributed by atoms with van der Waals surface area (Å²) in [6.07, 6.45) is 1.27. The zero-order valence-corrected chi connectivity index (χ0v) is 11.3. The Labute approximate surface area is 115 Å². The van der Waals surface area contributed by atoms with Crippen LogP contribution in [0.2, 0.25) is 0 Å². The number of nitrogens with two attached hydrogens (primary N) is 1. The number of alkyl halides is 1. The van der Waals surface area contributed by atoms with Gasteiger partial charge in [-0.15, -0.1) is 11.6 Å². The lowest BCUT2D eigenvalue weighted by Crippen LogP contribution is -2.56. The largest absolute Gasteiger partial charge is 0.480 e. The first-order chi connectivity index (χ1) is 8.84. The highest BCUT2D eigenvalue weighted by molar-refractivity contribution is 6.32. The SMILES string of the molecule is C[C@@H](N)C(=O)N1[C@@H]2C(Cl)C(=O)CC[C@@H]2C[C@H]1C(=O)O. The second kappa shape index (κ2) is 5.09. The smallest absolute Gasteiger partial charge is 0.326 e. The summed E-state index contributed by atoms with van der Waals surface area (Å²) in [6, 6.07) is -2.27. The number of amides is 1. The number of Topliss-reactive ketones (excluding diaryl/α,β-unsaturated/α-hetero) is 1. The molecule has 1 heterocycles. The zero-order valence-electron chi connectivity index (χ0n) is 10.6. The summed E-state index contributed by atoms with van der Waals surface area (Å²) in [5.41, 5.74) is 5.57. The molecule has 2 fully saturated rings. The quantitative estimate of drug-likeness (QED) is 0.695. The van der Waals surface area contributed by atoms with Gasteiger partial charge in [0.05, 0.1) is 12.1 Å². The second-order valence-corrected chi connectivity index (χ2v) is 5.75. The molecule has 2 rings (SSSR count). The van der Waals surface area contributed by atoms with Gasteiger partial charge in [0.2, 0.25) is 5.91 Å². The number of aliphatic carboxylic acids is 1. The number of halogens is 1. The van der Waals surface area contributed by atoms with Gasteiger partial charge in [-0.2, -0.15) is 0 Å². The molecule has 1 saturated heterocycles. The number of hydrogen-bond acceptors (Lipinski definition) is 4. The van der Waals surface area contributed by atoms with Crippen molar-refractivity contribution in [1.82, 2.24) is 4.90 Å². The van der Waals surface area contributed by atoms with Gasteiger partial charge in [0.1, 0.15) is 11.4 Å². The maximum absolute atomic E-state index is 12.1. The van der Waals surface area contributed by atoms with E-state index in [-0.39, 0.29) is 11.7 Å². The highest BCUT2D eigenvalue weighted by Crippen LogP contribution is 2.41. The summed E-state index contributed by atoms with van der Waals surface area (Å²) in [5, 5.41) is 8.42. The minimum Gasteiger partial charge on any atom is -0.480 e. The molecule has 1 amide bonds. The number of carboxylic acids is 1. The molecule has 0 aromatic rings. The van der Waals surface area contributed by atoms with Crippen LogP contribution < -0.4 is 5.73 Å². The topological polar surface area (TPSA) is 101 Å². The second-order valence-electron chi connectivity index (χ2n) is 5.28. The number of rotatable bonds is 2. The minimum atomic E-state index is -1.07. The van der Waals surface area contributed by atoms with E-state index in [2.05, 4.69) is 0 Å². The normalized spacial score (nSPS) is 35.9. The molecule has 5 atom stereocenters. The van der Waals surface area contributed by atoms with Gasteiger partial charge in [0.25, 0.3) is 0 Å². The molecule has 0 aromatic heterocycles. The number of likely N-dealkylation sites (tertiary alicyclic amines) is 1. The molecule has 0 spiro atoms. The molecule has 1 aliphatic carbocycles. The molecule has 0 bridgehead atoms. The van der Waals surface area contributed by atoms with Crippen molar-refractivity contribution in [1.29, 1.82) is 0 Å². The fourth-order valence-corrected chi connectivity index (χ4v) is 3.49. The Morgan fingerprint density at radius 2 is 2.16 bits per heavy atom. The van der Waals surface area contributed by atoms with Gasteiger partial charge in [-0.05, 0) is 25.7 Å². The molecule has 19 heavy (non-hydrogen) atoms. The maximum atomic E-state index is 12.1. The van der Waals surface area contributed by atoms with Crippen LogP contribution in [-0.4, -0.2) is 51.2 Å². The standard InChI is InChI=1S/C12H17ClN2O4/c1-5(14)11(17)15-7(12(18)19)4-6-2-3-8(16)9(13)10(6)15/h5-7,9-10H,2-4,14H2,1H3,(H,18,19)/t5-,6-,7+,9?,10+/m1/s1. The van der Waals surface area contributed by atoms with Crippen molar-refractivity contribution in [3.05, 3.63) is 0 Å². The molecule has 1 aliphatic heterocycles. The Bertz CT molecular complexity index is 426. The fraction of sp³-hybridized carbons (Fsp3) is 0.750. The average molecular weight is 289 g/mol. The molecule has 7 heteroatoms. The average Bonchev–Trinajstić information content (AvgIpc) is 2.73. The number of nitrogens with zero attached hydrogens (tertiary/aromatic N) is 1. The van der Waals surface area contributed by atoms with Crippen molar-refractivity contribution >= 4 is 29.3 Å². The molecule has 0 aromatic carbocycles. The predicted molar refractivity (Wildman–Crippen MR) is 67.7 cm³/mol. The molecule has 106 valence electrons. The van der Waals surface area contributed by atoms with Crippen LogP contribution in [0.3, 0.4) is 0 Å². The minimum absolute atomic E-state index is 0.0380. The van der Waals surface area contributed by atoms with Crippen LogP contribution in [0, 0.1) is 5.92 Å². The van der Waals surface area contributed by atoms with Crippen molar-refractivity contribution in [3.63, 3.8) is 0 Å². The van der Waals surface area contributed by atoms with Gasteiger partial charge >= 0.3 is 5.97 Å². The van der Waals surface area contributed by atoms with E-state index in [9.17, 15) is 19.5 Å². The molecule has 2 aliphatic rings. The Kier molecular flexibility index (Phi) is 3.82. The highest BCUT2D eigenvalue weighted by atomic mass is 35.5. The number of carbonyl (C=O) groups excluding carboxylic acids is 2. The van der Waals surface area contributed by atoms with Gasteiger partial charge in [-0.1, -0.05) is 0 Å². The van der Waals surface area contributed by atoms with E-state index in [0.717, 1.165) is 0 Å². The van der Waals surface area contributed by atoms with Gasteiger partial charge in [-0.3, -0.25) is 9.59 Å². The van der Waals surface area contributed by atoms with Gasteiger partial charge < -0.3 is 15.7 Å². The highest BCUT2D eigenvalue weighted by Gasteiger charge is 2.53. The summed E-state index contributed by atoms with van der Waals surface area (Å²) in [7, 11) is 0. The summed E-state index contributed by atoms with van der Waals surface area (Å²) < 4.78 is 0. The van der Waals surface area contributed by atoms with Crippen LogP contribution in [0.25, 0.3) is 0 Å². The third kappa shape index (κ3) is 2.34. The van der Waals surface area contributed by atoms with Crippen LogP contribution >= 0.6 is 11.6 Å². The Morgan fingerprint density at radius 3 is 2.68 bits per heavy atom. The van der Waals surface area contributed by atoms with Crippen LogP contribution in [0.5, 0.6) is 0 Å². The molecule has 0 radical (unpaired) electrons. The van der Waals surface area contributed by atoms with E-state index in [1.165, 1.54) is 11.8 Å². The first kappa shape index (κ1) is 14.3. The molecule has 1 unspecified atom stereocenters. The van der Waals surface area contributed by atoms with E-state index < -0.39 is 35.4 Å². The lowest BCUT2D eigenvalue weighted by atomic mass is 9.83. The first-order valence-corrected chi connectivity index (χ1v) is 6.75. The van der Waals surface area contributed by atoms with E-state index >= 15 is 0 Å². The van der Waals surface area contributed by atoms with Crippen molar-refractivity contribution in [3.8, 4) is 0 Å². The lowest BCUT2D eigenvalue weighted by molar-refractivity contribution is -0.150. The van der Waals surface area contributed by atoms with Gasteiger partial charge in [0.15, 0.2) is 5.78 Å². The molecule has 1 saturated carbocycles. The Morgan fingerprint density at radius 1 is 1.53 bits per heavy atom. The van der Waals surface area contributed by atoms with Gasteiger partial charge in [0, 0.05) is 6.42 Å². The summed E-state index contributed by atoms with van der Waals surface area (Å²) in [6.45, 7) is 1.50. The number of carboxylic acid groups (broad SMARTS) is 1. The van der Waals surface area contributed by atoms with Crippen molar-refractivity contribution < 1.29 is 19.5 Å². The van der Waals surface area contributed by atoms with E-state index in [1.54, 1.807) is 0 Å². The molecular formula is C12H17ClN2O4. The van der Waals surface area contributed by atoms with Crippen LogP contribution in [0.4, 0.5) is 0 Å². The van der Waals surface area contributed by atoms with Crippen molar-refractivity contribution in [2.75, 3.05) is 0 Å². The molecular weight excluding hydrogens is 272 g/mol. The third-order valence-electron chi connectivity index (χ3n) is 3.96. The molecule has 3 N–H and O–H groups in total. The molecule has 6 nitrogen and oxygen atoms in total. The monoisotopic (exact) mass is 288 g/mol. The van der Waals surface area contributed by atoms with Gasteiger partial charge in [-0.25, -0.2) is 4.79 Å². The zero-order chi connectivity index (χ0) is 14.3. The Balaban J connectivity index is 2.35. The van der Waals surface area contributed by atoms with Crippen LogP contribution in [-0.2, 0) is 14.4 Å². The fourth-order valence-electron chi connectivity index (χ4n) is 3.05. The van der Waals surface area contributed by atoms with Crippen molar-refractivity contribution in [2.24, 2.45) is 11.7 Å². The Hall–Kier alpha value is -1.14. The summed E-state index contributed by atoms with van der Waals surface area (Å²) >= 11 is 6.10. The lowest BCUT2D eigenvalue weighted by Gasteiger charge is -2.36. The maximum Gasteiger partial charge on any atom is 0.326 e. The predicted octanol–water partition coefficient (Wildman–Crippen LogP) is -0.0258. The number of fused-ring (bicyclic) bond motifs is 1. The van der Waals surface area contributed by atoms with Crippen LogP contribution in [0.15, 0.2) is 0 Å². The third-order valence-corrected chi connectivity index (χ3v) is 4.47. The summed E-state index contributed by atoms with van der Waals surface area (Å²) in [5.74, 6) is -1.69.